The Bertz CT molecular complexity index is 412. The van der Waals surface area contributed by atoms with Crippen molar-refractivity contribution in [2.24, 2.45) is 0 Å². The van der Waals surface area contributed by atoms with Crippen LogP contribution in [0.2, 0.25) is 0 Å². The maximum Gasteiger partial charge on any atom is 0.123 e. The van der Waals surface area contributed by atoms with E-state index in [0.29, 0.717) is 0 Å². The minimum absolute atomic E-state index is 0.111. The van der Waals surface area contributed by atoms with Gasteiger partial charge in [0.1, 0.15) is 5.75 Å². The molecule has 1 aromatic carbocycles. The molecule has 0 aromatic heterocycles. The molecule has 0 amide bonds. The Morgan fingerprint density at radius 1 is 1.10 bits per heavy atom. The molecule has 0 atom stereocenters. The topological polar surface area (TPSA) is 21.3 Å². The van der Waals surface area contributed by atoms with Crippen molar-refractivity contribution in [2.75, 3.05) is 6.61 Å². The van der Waals surface area contributed by atoms with E-state index in [4.69, 9.17) is 4.74 Å². The number of halogens is 1. The lowest BCUT2D eigenvalue weighted by Gasteiger charge is -2.22. The maximum atomic E-state index is 5.98. The number of ether oxygens (including phenoxy) is 1. The first-order valence-electron chi connectivity index (χ1n) is 8.08. The summed E-state index contributed by atoms with van der Waals surface area (Å²) in [6.45, 7) is 10.4. The van der Waals surface area contributed by atoms with E-state index in [-0.39, 0.29) is 5.54 Å². The van der Waals surface area contributed by atoms with Crippen molar-refractivity contribution in [2.45, 2.75) is 71.9 Å². The van der Waals surface area contributed by atoms with Gasteiger partial charge in [-0.05, 0) is 45.4 Å². The SMILES string of the molecule is CCCCCCCOc1ccc(Br)cc1CNC(C)(C)C. The number of unbranched alkanes of at least 4 members (excludes halogenated alkanes) is 4. The fourth-order valence-corrected chi connectivity index (χ4v) is 2.48. The lowest BCUT2D eigenvalue weighted by atomic mass is 10.1. The maximum absolute atomic E-state index is 5.98. The molecular formula is C18H30BrNO. The van der Waals surface area contributed by atoms with Crippen LogP contribution in [0.1, 0.15) is 65.4 Å². The zero-order valence-corrected chi connectivity index (χ0v) is 15.6. The molecule has 0 aliphatic heterocycles. The minimum atomic E-state index is 0.111. The molecule has 0 radical (unpaired) electrons. The highest BCUT2D eigenvalue weighted by molar-refractivity contribution is 9.10. The van der Waals surface area contributed by atoms with Crippen molar-refractivity contribution in [3.05, 3.63) is 28.2 Å². The standard InChI is InChI=1S/C18H30BrNO/c1-5-6-7-8-9-12-21-17-11-10-16(19)13-15(17)14-20-18(2,3)4/h10-11,13,20H,5-9,12,14H2,1-4H3. The fourth-order valence-electron chi connectivity index (χ4n) is 2.08. The molecule has 0 unspecified atom stereocenters. The molecule has 21 heavy (non-hydrogen) atoms. The van der Waals surface area contributed by atoms with Gasteiger partial charge in [-0.25, -0.2) is 0 Å². The molecule has 120 valence electrons. The summed E-state index contributed by atoms with van der Waals surface area (Å²) in [5.41, 5.74) is 1.33. The third kappa shape index (κ3) is 8.47. The lowest BCUT2D eigenvalue weighted by Crippen LogP contribution is -2.35. The van der Waals surface area contributed by atoms with Crippen molar-refractivity contribution in [3.8, 4) is 5.75 Å². The van der Waals surface area contributed by atoms with Gasteiger partial charge in [0.05, 0.1) is 6.61 Å². The van der Waals surface area contributed by atoms with Crippen molar-refractivity contribution in [3.63, 3.8) is 0 Å². The molecule has 0 spiro atoms. The van der Waals surface area contributed by atoms with Gasteiger partial charge >= 0.3 is 0 Å². The van der Waals surface area contributed by atoms with Gasteiger partial charge in [-0.15, -0.1) is 0 Å². The highest BCUT2D eigenvalue weighted by Crippen LogP contribution is 2.24. The number of hydrogen-bond donors (Lipinski definition) is 1. The number of hydrogen-bond acceptors (Lipinski definition) is 2. The second-order valence-electron chi connectivity index (χ2n) is 6.62. The predicted octanol–water partition coefficient (Wildman–Crippen LogP) is 5.69. The lowest BCUT2D eigenvalue weighted by molar-refractivity contribution is 0.299. The Morgan fingerprint density at radius 3 is 2.48 bits per heavy atom. The Hall–Kier alpha value is -0.540. The summed E-state index contributed by atoms with van der Waals surface area (Å²) in [5, 5.41) is 3.52. The van der Waals surface area contributed by atoms with Crippen LogP contribution in [0.25, 0.3) is 0 Å². The van der Waals surface area contributed by atoms with Crippen molar-refractivity contribution in [1.29, 1.82) is 0 Å². The highest BCUT2D eigenvalue weighted by Gasteiger charge is 2.11. The Morgan fingerprint density at radius 2 is 1.81 bits per heavy atom. The molecule has 0 fully saturated rings. The van der Waals surface area contributed by atoms with Gasteiger partial charge < -0.3 is 10.1 Å². The van der Waals surface area contributed by atoms with E-state index in [9.17, 15) is 0 Å². The van der Waals surface area contributed by atoms with Gasteiger partial charge in [-0.1, -0.05) is 48.5 Å². The van der Waals surface area contributed by atoms with E-state index in [1.54, 1.807) is 0 Å². The Kier molecular flexibility index (Phi) is 8.35. The zero-order chi connectivity index (χ0) is 15.7. The first-order valence-corrected chi connectivity index (χ1v) is 8.88. The normalized spacial score (nSPS) is 11.7. The first-order chi connectivity index (χ1) is 9.92. The third-order valence-corrected chi connectivity index (χ3v) is 3.83. The van der Waals surface area contributed by atoms with Gasteiger partial charge in [-0.2, -0.15) is 0 Å². The van der Waals surface area contributed by atoms with Crippen molar-refractivity contribution < 1.29 is 4.74 Å². The van der Waals surface area contributed by atoms with Crippen LogP contribution in [0.4, 0.5) is 0 Å². The Balaban J connectivity index is 2.48. The van der Waals surface area contributed by atoms with Crippen LogP contribution >= 0.6 is 15.9 Å². The summed E-state index contributed by atoms with van der Waals surface area (Å²) >= 11 is 3.54. The summed E-state index contributed by atoms with van der Waals surface area (Å²) in [7, 11) is 0. The summed E-state index contributed by atoms with van der Waals surface area (Å²) < 4.78 is 7.08. The number of rotatable bonds is 9. The summed E-state index contributed by atoms with van der Waals surface area (Å²) in [6, 6.07) is 6.26. The average molecular weight is 356 g/mol. The third-order valence-electron chi connectivity index (χ3n) is 3.34. The van der Waals surface area contributed by atoms with Crippen molar-refractivity contribution in [1.82, 2.24) is 5.32 Å². The van der Waals surface area contributed by atoms with E-state index in [1.807, 2.05) is 6.07 Å². The highest BCUT2D eigenvalue weighted by atomic mass is 79.9. The van der Waals surface area contributed by atoms with E-state index >= 15 is 0 Å². The molecule has 0 aliphatic rings. The molecule has 1 N–H and O–H groups in total. The monoisotopic (exact) mass is 355 g/mol. The van der Waals surface area contributed by atoms with Crippen LogP contribution in [0.3, 0.4) is 0 Å². The van der Waals surface area contributed by atoms with E-state index in [0.717, 1.165) is 29.8 Å². The molecular weight excluding hydrogens is 326 g/mol. The van der Waals surface area contributed by atoms with Crippen molar-refractivity contribution >= 4 is 15.9 Å². The summed E-state index contributed by atoms with van der Waals surface area (Å²) in [4.78, 5) is 0. The van der Waals surface area contributed by atoms with Crippen LogP contribution < -0.4 is 10.1 Å². The second-order valence-corrected chi connectivity index (χ2v) is 7.53. The molecule has 0 aliphatic carbocycles. The molecule has 1 aromatic rings. The van der Waals surface area contributed by atoms with Crippen LogP contribution in [-0.2, 0) is 6.54 Å². The smallest absolute Gasteiger partial charge is 0.123 e. The number of benzene rings is 1. The van der Waals surface area contributed by atoms with Gasteiger partial charge in [0.25, 0.3) is 0 Å². The first kappa shape index (κ1) is 18.5. The van der Waals surface area contributed by atoms with Gasteiger partial charge in [0.2, 0.25) is 0 Å². The fraction of sp³-hybridized carbons (Fsp3) is 0.667. The predicted molar refractivity (Wildman–Crippen MR) is 95.0 cm³/mol. The summed E-state index contributed by atoms with van der Waals surface area (Å²) in [5.74, 6) is 1.01. The average Bonchev–Trinajstić information content (AvgIpc) is 2.41. The quantitative estimate of drug-likeness (QED) is 0.574. The second kappa shape index (κ2) is 9.47. The minimum Gasteiger partial charge on any atom is -0.493 e. The number of nitrogens with one attached hydrogen (secondary N) is 1. The molecule has 1 rings (SSSR count). The van der Waals surface area contributed by atoms with Gasteiger partial charge in [-0.3, -0.25) is 0 Å². The van der Waals surface area contributed by atoms with Gasteiger partial charge in [0, 0.05) is 22.1 Å². The van der Waals surface area contributed by atoms with Gasteiger partial charge in [0.15, 0.2) is 0 Å². The molecule has 0 saturated carbocycles. The molecule has 2 nitrogen and oxygen atoms in total. The van der Waals surface area contributed by atoms with E-state index in [1.165, 1.54) is 31.2 Å². The largest absolute Gasteiger partial charge is 0.493 e. The van der Waals surface area contributed by atoms with Crippen LogP contribution in [0, 0.1) is 0 Å². The van der Waals surface area contributed by atoms with E-state index in [2.05, 4.69) is 61.1 Å². The molecule has 0 bridgehead atoms. The summed E-state index contributed by atoms with van der Waals surface area (Å²) in [6.07, 6.45) is 6.34. The van der Waals surface area contributed by atoms with Crippen LogP contribution in [-0.4, -0.2) is 12.1 Å². The Labute approximate surface area is 138 Å². The molecule has 3 heteroatoms. The zero-order valence-electron chi connectivity index (χ0n) is 14.0. The molecule has 0 heterocycles. The molecule has 0 saturated heterocycles. The van der Waals surface area contributed by atoms with Crippen LogP contribution in [0.15, 0.2) is 22.7 Å². The van der Waals surface area contributed by atoms with Crippen LogP contribution in [0.5, 0.6) is 5.75 Å². The van der Waals surface area contributed by atoms with E-state index < -0.39 is 0 Å².